The third-order valence-electron chi connectivity index (χ3n) is 3.77. The first-order chi connectivity index (χ1) is 8.90. The van der Waals surface area contributed by atoms with Crippen LogP contribution in [0.4, 0.5) is 0 Å². The van der Waals surface area contributed by atoms with E-state index in [1.165, 1.54) is 5.56 Å². The van der Waals surface area contributed by atoms with Crippen LogP contribution in [0.15, 0.2) is 18.2 Å². The van der Waals surface area contributed by atoms with Gasteiger partial charge in [-0.1, -0.05) is 32.0 Å². The number of esters is 1. The van der Waals surface area contributed by atoms with E-state index >= 15 is 0 Å². The molecule has 3 heteroatoms. The van der Waals surface area contributed by atoms with E-state index < -0.39 is 11.7 Å². The fourth-order valence-corrected chi connectivity index (χ4v) is 2.44. The summed E-state index contributed by atoms with van der Waals surface area (Å²) >= 11 is 0. The van der Waals surface area contributed by atoms with Gasteiger partial charge in [0.05, 0.1) is 6.61 Å². The number of aryl methyl sites for hydroxylation is 1. The molecule has 1 aromatic carbocycles. The second-order valence-corrected chi connectivity index (χ2v) is 5.59. The van der Waals surface area contributed by atoms with E-state index in [1.807, 2.05) is 13.8 Å². The molecule has 1 heterocycles. The molecule has 0 amide bonds. The van der Waals surface area contributed by atoms with Crippen LogP contribution in [0.3, 0.4) is 0 Å². The highest BCUT2D eigenvalue weighted by molar-refractivity contribution is 5.80. The van der Waals surface area contributed by atoms with E-state index in [0.717, 1.165) is 11.1 Å². The average molecular weight is 262 g/mol. The molecule has 1 aliphatic rings. The minimum absolute atomic E-state index is 0.264. The van der Waals surface area contributed by atoms with Gasteiger partial charge in [0.1, 0.15) is 5.60 Å². The molecule has 1 fully saturated rings. The number of epoxide rings is 1. The number of carbonyl (C=O) groups excluding carboxylic acids is 1. The van der Waals surface area contributed by atoms with Gasteiger partial charge in [-0.2, -0.15) is 0 Å². The van der Waals surface area contributed by atoms with Crippen molar-refractivity contribution in [3.8, 4) is 0 Å². The summed E-state index contributed by atoms with van der Waals surface area (Å²) in [5.41, 5.74) is 2.98. The van der Waals surface area contributed by atoms with Crippen molar-refractivity contribution in [3.05, 3.63) is 34.9 Å². The minimum atomic E-state index is -0.527. The van der Waals surface area contributed by atoms with E-state index in [0.29, 0.717) is 12.5 Å². The lowest BCUT2D eigenvalue weighted by atomic mass is 9.89. The molecule has 19 heavy (non-hydrogen) atoms. The first-order valence-electron chi connectivity index (χ1n) is 6.85. The number of benzene rings is 1. The van der Waals surface area contributed by atoms with Crippen molar-refractivity contribution in [2.75, 3.05) is 6.61 Å². The summed E-state index contributed by atoms with van der Waals surface area (Å²) in [6.45, 7) is 10.5. The maximum atomic E-state index is 11.8. The Hall–Kier alpha value is -1.35. The molecule has 0 aliphatic carbocycles. The van der Waals surface area contributed by atoms with Crippen LogP contribution in [0.1, 0.15) is 50.3 Å². The van der Waals surface area contributed by atoms with Gasteiger partial charge in [0.25, 0.3) is 0 Å². The summed E-state index contributed by atoms with van der Waals surface area (Å²) in [6, 6.07) is 6.38. The van der Waals surface area contributed by atoms with E-state index in [4.69, 9.17) is 9.47 Å². The minimum Gasteiger partial charge on any atom is -0.464 e. The Morgan fingerprint density at radius 2 is 2.16 bits per heavy atom. The lowest BCUT2D eigenvalue weighted by Crippen LogP contribution is -2.19. The van der Waals surface area contributed by atoms with Gasteiger partial charge in [-0.05, 0) is 43.4 Å². The summed E-state index contributed by atoms with van der Waals surface area (Å²) in [7, 11) is 0. The largest absolute Gasteiger partial charge is 0.464 e. The van der Waals surface area contributed by atoms with Gasteiger partial charge >= 0.3 is 5.97 Å². The standard InChI is InChI=1S/C16H22O3/c1-6-18-15(17)14-16(5,19-14)13-9-12(10(2)3)8-7-11(13)4/h7-10,14H,6H2,1-5H3. The smallest absolute Gasteiger partial charge is 0.338 e. The molecule has 2 atom stereocenters. The van der Waals surface area contributed by atoms with Crippen molar-refractivity contribution in [2.45, 2.75) is 52.2 Å². The average Bonchev–Trinajstić information content (AvgIpc) is 3.03. The number of ether oxygens (including phenoxy) is 2. The lowest BCUT2D eigenvalue weighted by Gasteiger charge is -2.14. The second-order valence-electron chi connectivity index (χ2n) is 5.59. The Balaban J connectivity index is 2.28. The summed E-state index contributed by atoms with van der Waals surface area (Å²) in [6.07, 6.45) is -0.464. The highest BCUT2D eigenvalue weighted by atomic mass is 16.7. The highest BCUT2D eigenvalue weighted by Crippen LogP contribution is 2.48. The van der Waals surface area contributed by atoms with Gasteiger partial charge in [-0.3, -0.25) is 0 Å². The molecule has 2 unspecified atom stereocenters. The molecule has 0 radical (unpaired) electrons. The second kappa shape index (κ2) is 4.97. The topological polar surface area (TPSA) is 38.8 Å². The van der Waals surface area contributed by atoms with Gasteiger partial charge in [-0.25, -0.2) is 4.79 Å². The van der Waals surface area contributed by atoms with E-state index in [1.54, 1.807) is 0 Å². The number of hydrogen-bond acceptors (Lipinski definition) is 3. The highest BCUT2D eigenvalue weighted by Gasteiger charge is 2.59. The van der Waals surface area contributed by atoms with Crippen molar-refractivity contribution in [2.24, 2.45) is 0 Å². The van der Waals surface area contributed by atoms with Crippen LogP contribution in [0, 0.1) is 6.92 Å². The van der Waals surface area contributed by atoms with Crippen molar-refractivity contribution in [3.63, 3.8) is 0 Å². The molecule has 3 nitrogen and oxygen atoms in total. The Morgan fingerprint density at radius 3 is 2.74 bits per heavy atom. The molecule has 1 aliphatic heterocycles. The summed E-state index contributed by atoms with van der Waals surface area (Å²) in [5.74, 6) is 0.196. The number of hydrogen-bond donors (Lipinski definition) is 0. The van der Waals surface area contributed by atoms with Crippen molar-refractivity contribution >= 4 is 5.97 Å². The predicted octanol–water partition coefficient (Wildman–Crippen LogP) is 3.30. The van der Waals surface area contributed by atoms with Gasteiger partial charge in [0, 0.05) is 0 Å². The van der Waals surface area contributed by atoms with Crippen LogP contribution in [0.5, 0.6) is 0 Å². The van der Waals surface area contributed by atoms with Crippen molar-refractivity contribution in [1.82, 2.24) is 0 Å². The molecule has 1 aromatic rings. The zero-order valence-electron chi connectivity index (χ0n) is 12.3. The SMILES string of the molecule is CCOC(=O)C1OC1(C)c1cc(C(C)C)ccc1C. The number of rotatable bonds is 4. The fourth-order valence-electron chi connectivity index (χ4n) is 2.44. The van der Waals surface area contributed by atoms with E-state index in [9.17, 15) is 4.79 Å². The van der Waals surface area contributed by atoms with E-state index in [-0.39, 0.29) is 5.97 Å². The Morgan fingerprint density at radius 1 is 1.47 bits per heavy atom. The Bertz CT molecular complexity index is 493. The molecule has 0 aromatic heterocycles. The zero-order chi connectivity index (χ0) is 14.2. The van der Waals surface area contributed by atoms with Crippen LogP contribution in [0.2, 0.25) is 0 Å². The third kappa shape index (κ3) is 2.52. The maximum absolute atomic E-state index is 11.8. The molecular weight excluding hydrogens is 240 g/mol. The summed E-state index contributed by atoms with van der Waals surface area (Å²) < 4.78 is 10.7. The molecule has 0 N–H and O–H groups in total. The van der Waals surface area contributed by atoms with Crippen LogP contribution in [0.25, 0.3) is 0 Å². The first-order valence-corrected chi connectivity index (χ1v) is 6.85. The van der Waals surface area contributed by atoms with Gasteiger partial charge in [0.15, 0.2) is 6.10 Å². The third-order valence-corrected chi connectivity index (χ3v) is 3.77. The van der Waals surface area contributed by atoms with Gasteiger partial charge in [0.2, 0.25) is 0 Å². The molecule has 0 spiro atoms. The molecule has 0 bridgehead atoms. The van der Waals surface area contributed by atoms with E-state index in [2.05, 4.69) is 39.0 Å². The van der Waals surface area contributed by atoms with Crippen LogP contribution < -0.4 is 0 Å². The fraction of sp³-hybridized carbons (Fsp3) is 0.562. The monoisotopic (exact) mass is 262 g/mol. The van der Waals surface area contributed by atoms with Gasteiger partial charge in [-0.15, -0.1) is 0 Å². The summed E-state index contributed by atoms with van der Waals surface area (Å²) in [4.78, 5) is 11.8. The van der Waals surface area contributed by atoms with Crippen LogP contribution in [-0.2, 0) is 19.9 Å². The van der Waals surface area contributed by atoms with Crippen molar-refractivity contribution < 1.29 is 14.3 Å². The quantitative estimate of drug-likeness (QED) is 0.617. The molecule has 2 rings (SSSR count). The zero-order valence-corrected chi connectivity index (χ0v) is 12.3. The summed E-state index contributed by atoms with van der Waals surface area (Å²) in [5, 5.41) is 0. The molecule has 0 saturated carbocycles. The predicted molar refractivity (Wildman–Crippen MR) is 74.1 cm³/mol. The lowest BCUT2D eigenvalue weighted by molar-refractivity contribution is -0.144. The van der Waals surface area contributed by atoms with Gasteiger partial charge < -0.3 is 9.47 Å². The molecule has 104 valence electrons. The first kappa shape index (κ1) is 14.1. The normalized spacial score (nSPS) is 25.5. The molecular formula is C16H22O3. The maximum Gasteiger partial charge on any atom is 0.338 e. The Labute approximate surface area is 114 Å². The van der Waals surface area contributed by atoms with Crippen LogP contribution in [-0.4, -0.2) is 18.7 Å². The Kier molecular flexibility index (Phi) is 3.68. The van der Waals surface area contributed by atoms with Crippen molar-refractivity contribution in [1.29, 1.82) is 0 Å². The van der Waals surface area contributed by atoms with Crippen LogP contribution >= 0.6 is 0 Å². The number of carbonyl (C=O) groups is 1. The molecule has 1 saturated heterocycles.